The van der Waals surface area contributed by atoms with Gasteiger partial charge >= 0.3 is 6.09 Å². The molecule has 0 saturated heterocycles. The van der Waals surface area contributed by atoms with Gasteiger partial charge in [-0.05, 0) is 45.8 Å². The third-order valence-corrected chi connectivity index (χ3v) is 4.34. The van der Waals surface area contributed by atoms with Crippen LogP contribution in [0.15, 0.2) is 59.5 Å². The number of aromatic nitrogens is 3. The molecular formula is C20H18BrN5O4. The number of rotatable bonds is 7. The van der Waals surface area contributed by atoms with Crippen LogP contribution < -0.4 is 15.4 Å². The van der Waals surface area contributed by atoms with Crippen molar-refractivity contribution in [2.45, 2.75) is 13.2 Å². The lowest BCUT2D eigenvalue weighted by molar-refractivity contribution is 0.101. The molecule has 0 radical (unpaired) electrons. The van der Waals surface area contributed by atoms with Crippen LogP contribution >= 0.6 is 15.9 Å². The number of hydrogen-bond acceptors (Lipinski definition) is 7. The van der Waals surface area contributed by atoms with Crippen LogP contribution in [-0.2, 0) is 17.9 Å². The van der Waals surface area contributed by atoms with Gasteiger partial charge in [-0.15, -0.1) is 0 Å². The van der Waals surface area contributed by atoms with Gasteiger partial charge in [0.15, 0.2) is 5.69 Å². The number of anilines is 1. The molecule has 0 aliphatic heterocycles. The topological polar surface area (TPSA) is 115 Å². The molecule has 0 aliphatic rings. The summed E-state index contributed by atoms with van der Waals surface area (Å²) in [6.45, 7) is 0.0490. The first-order valence-electron chi connectivity index (χ1n) is 8.81. The number of ether oxygens (including phenoxy) is 2. The maximum atomic E-state index is 12.5. The molecule has 0 atom stereocenters. The van der Waals surface area contributed by atoms with Crippen LogP contribution in [0.3, 0.4) is 0 Å². The SMILES string of the molecule is COc1cccc(CNC(=O)OCc2nccnc2C(=O)Nc2ccc(Br)cn2)c1. The van der Waals surface area contributed by atoms with Crippen molar-refractivity contribution in [3.05, 3.63) is 76.4 Å². The number of halogens is 1. The highest BCUT2D eigenvalue weighted by molar-refractivity contribution is 9.10. The summed E-state index contributed by atoms with van der Waals surface area (Å²) < 4.78 is 11.1. The van der Waals surface area contributed by atoms with Gasteiger partial charge in [0.05, 0.1) is 7.11 Å². The molecular weight excluding hydrogens is 454 g/mol. The Morgan fingerprint density at radius 1 is 1.10 bits per heavy atom. The summed E-state index contributed by atoms with van der Waals surface area (Å²) in [4.78, 5) is 36.7. The van der Waals surface area contributed by atoms with Crippen LogP contribution in [0.5, 0.6) is 5.75 Å². The quantitative estimate of drug-likeness (QED) is 0.542. The number of carbonyl (C=O) groups is 2. The molecule has 3 aromatic rings. The van der Waals surface area contributed by atoms with Crippen molar-refractivity contribution in [1.29, 1.82) is 0 Å². The fourth-order valence-corrected chi connectivity index (χ4v) is 2.66. The molecule has 2 N–H and O–H groups in total. The van der Waals surface area contributed by atoms with E-state index in [0.29, 0.717) is 11.6 Å². The summed E-state index contributed by atoms with van der Waals surface area (Å²) in [5.41, 5.74) is 1.12. The number of alkyl carbamates (subject to hydrolysis) is 1. The number of nitrogens with zero attached hydrogens (tertiary/aromatic N) is 3. The van der Waals surface area contributed by atoms with Crippen LogP contribution in [-0.4, -0.2) is 34.1 Å². The highest BCUT2D eigenvalue weighted by Crippen LogP contribution is 2.13. The molecule has 2 amide bonds. The standard InChI is InChI=1S/C20H18BrN5O4/c1-29-15-4-2-3-13(9-15)10-25-20(28)30-12-16-18(23-8-7-22-16)19(27)26-17-6-5-14(21)11-24-17/h2-9,11H,10,12H2,1H3,(H,25,28)(H,24,26,27). The van der Waals surface area contributed by atoms with Crippen molar-refractivity contribution in [2.75, 3.05) is 12.4 Å². The second-order valence-corrected chi connectivity index (χ2v) is 6.86. The molecule has 0 saturated carbocycles. The molecule has 9 nitrogen and oxygen atoms in total. The van der Waals surface area contributed by atoms with Crippen molar-refractivity contribution in [3.63, 3.8) is 0 Å². The maximum Gasteiger partial charge on any atom is 0.407 e. The van der Waals surface area contributed by atoms with E-state index in [1.807, 2.05) is 24.3 Å². The number of benzene rings is 1. The summed E-state index contributed by atoms with van der Waals surface area (Å²) in [5, 5.41) is 5.26. The lowest BCUT2D eigenvalue weighted by Crippen LogP contribution is -2.25. The summed E-state index contributed by atoms with van der Waals surface area (Å²) in [6, 6.07) is 10.7. The molecule has 154 valence electrons. The zero-order chi connectivity index (χ0) is 21.3. The monoisotopic (exact) mass is 471 g/mol. The molecule has 0 unspecified atom stereocenters. The van der Waals surface area contributed by atoms with Gasteiger partial charge in [-0.1, -0.05) is 12.1 Å². The summed E-state index contributed by atoms with van der Waals surface area (Å²) >= 11 is 3.28. The number of carbonyl (C=O) groups excluding carboxylic acids is 2. The van der Waals surface area contributed by atoms with Crippen LogP contribution in [0.1, 0.15) is 21.7 Å². The fraction of sp³-hybridized carbons (Fsp3) is 0.150. The van der Waals surface area contributed by atoms with E-state index in [9.17, 15) is 9.59 Å². The number of methoxy groups -OCH3 is 1. The van der Waals surface area contributed by atoms with Crippen LogP contribution in [0.2, 0.25) is 0 Å². The highest BCUT2D eigenvalue weighted by atomic mass is 79.9. The molecule has 0 bridgehead atoms. The Hall–Kier alpha value is -3.53. The first-order valence-corrected chi connectivity index (χ1v) is 9.61. The Morgan fingerprint density at radius 3 is 2.70 bits per heavy atom. The number of nitrogens with one attached hydrogen (secondary N) is 2. The van der Waals surface area contributed by atoms with E-state index >= 15 is 0 Å². The first-order chi connectivity index (χ1) is 14.5. The van der Waals surface area contributed by atoms with Crippen molar-refractivity contribution >= 4 is 33.7 Å². The second-order valence-electron chi connectivity index (χ2n) is 5.95. The van der Waals surface area contributed by atoms with Gasteiger partial charge in [-0.2, -0.15) is 0 Å². The number of amides is 2. The lowest BCUT2D eigenvalue weighted by atomic mass is 10.2. The molecule has 3 rings (SSSR count). The zero-order valence-corrected chi connectivity index (χ0v) is 17.5. The van der Waals surface area contributed by atoms with Crippen molar-refractivity contribution in [3.8, 4) is 5.75 Å². The van der Waals surface area contributed by atoms with Crippen molar-refractivity contribution in [1.82, 2.24) is 20.3 Å². The Balaban J connectivity index is 1.56. The summed E-state index contributed by atoms with van der Waals surface area (Å²) in [7, 11) is 1.57. The zero-order valence-electron chi connectivity index (χ0n) is 16.0. The largest absolute Gasteiger partial charge is 0.497 e. The third kappa shape index (κ3) is 5.98. The van der Waals surface area contributed by atoms with Gasteiger partial charge in [-0.25, -0.2) is 14.8 Å². The van der Waals surface area contributed by atoms with E-state index in [0.717, 1.165) is 10.0 Å². The van der Waals surface area contributed by atoms with E-state index in [-0.39, 0.29) is 24.5 Å². The summed E-state index contributed by atoms with van der Waals surface area (Å²) in [5.74, 6) is 0.545. The predicted molar refractivity (Wildman–Crippen MR) is 112 cm³/mol. The van der Waals surface area contributed by atoms with Gasteiger partial charge in [0, 0.05) is 29.6 Å². The van der Waals surface area contributed by atoms with Gasteiger partial charge in [0.2, 0.25) is 0 Å². The predicted octanol–water partition coefficient (Wildman–Crippen LogP) is 3.32. The Morgan fingerprint density at radius 2 is 1.93 bits per heavy atom. The van der Waals surface area contributed by atoms with E-state index in [2.05, 4.69) is 41.5 Å². The lowest BCUT2D eigenvalue weighted by Gasteiger charge is -2.10. The van der Waals surface area contributed by atoms with E-state index in [1.54, 1.807) is 25.4 Å². The highest BCUT2D eigenvalue weighted by Gasteiger charge is 2.16. The van der Waals surface area contributed by atoms with E-state index < -0.39 is 12.0 Å². The van der Waals surface area contributed by atoms with Gasteiger partial charge in [0.25, 0.3) is 5.91 Å². The van der Waals surface area contributed by atoms with E-state index in [1.165, 1.54) is 12.4 Å². The maximum absolute atomic E-state index is 12.5. The molecule has 0 fully saturated rings. The van der Waals surface area contributed by atoms with Crippen LogP contribution in [0.25, 0.3) is 0 Å². The normalized spacial score (nSPS) is 10.2. The summed E-state index contributed by atoms with van der Waals surface area (Å²) in [6.07, 6.45) is 3.71. The molecule has 30 heavy (non-hydrogen) atoms. The molecule has 1 aromatic carbocycles. The molecule has 0 aliphatic carbocycles. The smallest absolute Gasteiger partial charge is 0.407 e. The fourth-order valence-electron chi connectivity index (χ4n) is 2.43. The Labute approximate surface area is 181 Å². The minimum Gasteiger partial charge on any atom is -0.497 e. The van der Waals surface area contributed by atoms with E-state index in [4.69, 9.17) is 9.47 Å². The van der Waals surface area contributed by atoms with Crippen LogP contribution in [0, 0.1) is 0 Å². The average molecular weight is 472 g/mol. The van der Waals surface area contributed by atoms with Gasteiger partial charge in [-0.3, -0.25) is 9.78 Å². The molecule has 0 spiro atoms. The van der Waals surface area contributed by atoms with Crippen molar-refractivity contribution in [2.24, 2.45) is 0 Å². The second kappa shape index (κ2) is 10.3. The molecule has 10 heteroatoms. The van der Waals surface area contributed by atoms with Gasteiger partial charge in [0.1, 0.15) is 23.9 Å². The van der Waals surface area contributed by atoms with Gasteiger partial charge < -0.3 is 20.1 Å². The minimum atomic E-state index is -0.649. The Bertz CT molecular complexity index is 1030. The van der Waals surface area contributed by atoms with Crippen molar-refractivity contribution < 1.29 is 19.1 Å². The first kappa shape index (κ1) is 21.2. The van der Waals surface area contributed by atoms with Crippen LogP contribution in [0.4, 0.5) is 10.6 Å². The minimum absolute atomic E-state index is 0.0443. The molecule has 2 aromatic heterocycles. The molecule has 2 heterocycles. The third-order valence-electron chi connectivity index (χ3n) is 3.87. The Kier molecular flexibility index (Phi) is 7.28. The number of pyridine rings is 1. The number of hydrogen-bond donors (Lipinski definition) is 2. The average Bonchev–Trinajstić information content (AvgIpc) is 2.78.